The third kappa shape index (κ3) is 5.34. The molecule has 26 heavy (non-hydrogen) atoms. The van der Waals surface area contributed by atoms with Gasteiger partial charge in [-0.25, -0.2) is 0 Å². The van der Waals surface area contributed by atoms with Crippen molar-refractivity contribution in [3.05, 3.63) is 90.5 Å². The van der Waals surface area contributed by atoms with Crippen LogP contribution in [0.15, 0.2) is 99.6 Å². The lowest BCUT2D eigenvalue weighted by Crippen LogP contribution is -2.24. The molecule has 134 valence electrons. The molecule has 3 heteroatoms. The van der Waals surface area contributed by atoms with Gasteiger partial charge in [0.1, 0.15) is 0 Å². The molecule has 1 nitrogen and oxygen atoms in total. The second-order valence-corrected chi connectivity index (χ2v) is 13.4. The maximum Gasteiger partial charge on any atom is 0.182 e. The minimum Gasteiger partial charge on any atom is -0.432 e. The Hall–Kier alpha value is -1.81. The van der Waals surface area contributed by atoms with Gasteiger partial charge in [-0.3, -0.25) is 0 Å². The molecule has 3 rings (SSSR count). The van der Waals surface area contributed by atoms with Gasteiger partial charge in [-0.1, -0.05) is 48.5 Å². The Morgan fingerprint density at radius 2 is 1.15 bits per heavy atom. The van der Waals surface area contributed by atoms with Crippen molar-refractivity contribution in [2.24, 2.45) is 0 Å². The van der Waals surface area contributed by atoms with Crippen molar-refractivity contribution in [1.82, 2.24) is 0 Å². The molecule has 0 atom stereocenters. The average molecular weight is 380 g/mol. The van der Waals surface area contributed by atoms with Gasteiger partial charge >= 0.3 is 0 Å². The molecule has 0 saturated carbocycles. The van der Waals surface area contributed by atoms with Gasteiger partial charge < -0.3 is 4.80 Å². The molecular formula is C23H27OSSi+. The van der Waals surface area contributed by atoms with Crippen molar-refractivity contribution in [2.45, 2.75) is 46.7 Å². The summed E-state index contributed by atoms with van der Waals surface area (Å²) >= 11 is 0. The van der Waals surface area contributed by atoms with E-state index in [4.69, 9.17) is 0 Å². The van der Waals surface area contributed by atoms with Gasteiger partial charge in [0.15, 0.2) is 23.0 Å². The molecule has 3 aromatic carbocycles. The molecule has 0 aromatic heterocycles. The van der Waals surface area contributed by atoms with Crippen molar-refractivity contribution in [2.75, 3.05) is 0 Å². The fraction of sp³-hybridized carbons (Fsp3) is 0.217. The average Bonchev–Trinajstić information content (AvgIpc) is 2.64. The van der Waals surface area contributed by atoms with Crippen LogP contribution in [0.2, 0.25) is 19.1 Å². The fourth-order valence-electron chi connectivity index (χ4n) is 3.04. The molecule has 0 unspecified atom stereocenters. The van der Waals surface area contributed by atoms with E-state index in [1.165, 1.54) is 20.2 Å². The Labute approximate surface area is 161 Å². The van der Waals surface area contributed by atoms with E-state index in [1.807, 2.05) is 13.1 Å². The van der Waals surface area contributed by atoms with Crippen LogP contribution < -0.4 is 0 Å². The van der Waals surface area contributed by atoms with E-state index in [9.17, 15) is 4.80 Å². The van der Waals surface area contributed by atoms with Gasteiger partial charge in [-0.15, -0.1) is 0 Å². The summed E-state index contributed by atoms with van der Waals surface area (Å²) in [6, 6.07) is 31.5. The topological polar surface area (TPSA) is 20.2 Å². The molecule has 0 radical (unpaired) electrons. The highest BCUT2D eigenvalue weighted by Gasteiger charge is 2.28. The third-order valence-electron chi connectivity index (χ3n) is 4.37. The molecule has 0 spiro atoms. The van der Waals surface area contributed by atoms with Crippen molar-refractivity contribution >= 4 is 19.2 Å². The van der Waals surface area contributed by atoms with Crippen LogP contribution in [0.3, 0.4) is 0 Å². The van der Waals surface area contributed by atoms with Gasteiger partial charge in [0.25, 0.3) is 0 Å². The molecule has 0 saturated heterocycles. The zero-order valence-corrected chi connectivity index (χ0v) is 17.4. The van der Waals surface area contributed by atoms with Crippen LogP contribution in [0.5, 0.6) is 0 Å². The van der Waals surface area contributed by atoms with E-state index in [0.29, 0.717) is 0 Å². The van der Waals surface area contributed by atoms with Gasteiger partial charge in [-0.2, -0.15) is 0 Å². The van der Waals surface area contributed by atoms with Gasteiger partial charge in [0.05, 0.1) is 10.9 Å². The maximum absolute atomic E-state index is 10.0. The Morgan fingerprint density at radius 3 is 1.62 bits per heavy atom. The summed E-state index contributed by atoms with van der Waals surface area (Å²) in [5.74, 6) is 0. The summed E-state index contributed by atoms with van der Waals surface area (Å²) in [6.45, 7) is 4.03. The molecule has 0 aliphatic heterocycles. The van der Waals surface area contributed by atoms with Crippen molar-refractivity contribution < 1.29 is 4.80 Å². The largest absolute Gasteiger partial charge is 0.432 e. The summed E-state index contributed by atoms with van der Waals surface area (Å²) in [7, 11) is -2.00. The van der Waals surface area contributed by atoms with Crippen LogP contribution in [0.25, 0.3) is 0 Å². The standard InChI is InChI=1S/C23H27OSSi/c1-26(2,24)19-9-10-20-15-17-23(18-16-20)25(21-11-5-3-6-12-21)22-13-7-4-8-14-22/h3-8,11-18,24H,9-10,19H2,1-2H3/q+1. The molecule has 0 aliphatic carbocycles. The summed E-state index contributed by atoms with van der Waals surface area (Å²) in [6.07, 6.45) is 2.11. The summed E-state index contributed by atoms with van der Waals surface area (Å²) < 4.78 is 0. The van der Waals surface area contributed by atoms with Crippen LogP contribution in [0.4, 0.5) is 0 Å². The molecule has 0 amide bonds. The minimum absolute atomic E-state index is 0.0758. The number of aryl methyl sites for hydroxylation is 1. The smallest absolute Gasteiger partial charge is 0.182 e. The van der Waals surface area contributed by atoms with Crippen molar-refractivity contribution in [3.63, 3.8) is 0 Å². The number of rotatable bonds is 7. The first-order chi connectivity index (χ1) is 12.5. The van der Waals surface area contributed by atoms with Crippen molar-refractivity contribution in [1.29, 1.82) is 0 Å². The first-order valence-corrected chi connectivity index (χ1v) is 13.6. The zero-order valence-electron chi connectivity index (χ0n) is 15.6. The number of hydrogen-bond donors (Lipinski definition) is 1. The number of benzene rings is 3. The molecule has 0 fully saturated rings. The van der Waals surface area contributed by atoms with Gasteiger partial charge in [-0.05, 0) is 73.9 Å². The van der Waals surface area contributed by atoms with Crippen LogP contribution in [0.1, 0.15) is 12.0 Å². The summed E-state index contributed by atoms with van der Waals surface area (Å²) in [5.41, 5.74) is 1.36. The van der Waals surface area contributed by atoms with Crippen LogP contribution >= 0.6 is 0 Å². The van der Waals surface area contributed by atoms with Gasteiger partial charge in [0, 0.05) is 0 Å². The summed E-state index contributed by atoms with van der Waals surface area (Å²) in [5, 5.41) is 0. The highest BCUT2D eigenvalue weighted by Crippen LogP contribution is 2.31. The lowest BCUT2D eigenvalue weighted by Gasteiger charge is -2.13. The van der Waals surface area contributed by atoms with E-state index in [-0.39, 0.29) is 10.9 Å². The maximum atomic E-state index is 10.0. The molecule has 0 aliphatic rings. The van der Waals surface area contributed by atoms with E-state index >= 15 is 0 Å². The summed E-state index contributed by atoms with van der Waals surface area (Å²) in [4.78, 5) is 14.0. The molecule has 3 aromatic rings. The monoisotopic (exact) mass is 379 g/mol. The van der Waals surface area contributed by atoms with E-state index in [2.05, 4.69) is 84.9 Å². The van der Waals surface area contributed by atoms with E-state index < -0.39 is 8.32 Å². The second kappa shape index (κ2) is 8.72. The third-order valence-corrected chi connectivity index (χ3v) is 8.18. The predicted molar refractivity (Wildman–Crippen MR) is 114 cm³/mol. The van der Waals surface area contributed by atoms with Crippen molar-refractivity contribution in [3.8, 4) is 0 Å². The van der Waals surface area contributed by atoms with Crippen LogP contribution in [0, 0.1) is 0 Å². The minimum atomic E-state index is -1.93. The SMILES string of the molecule is C[Si](C)(O)CCCc1ccc([S+](c2ccccc2)c2ccccc2)cc1. The Balaban J connectivity index is 1.82. The fourth-order valence-corrected chi connectivity index (χ4v) is 6.16. The normalized spacial score (nSPS) is 11.7. The Kier molecular flexibility index (Phi) is 6.36. The highest BCUT2D eigenvalue weighted by molar-refractivity contribution is 7.97. The second-order valence-electron chi connectivity index (χ2n) is 7.24. The van der Waals surface area contributed by atoms with E-state index in [0.717, 1.165) is 18.9 Å². The zero-order chi connectivity index (χ0) is 18.4. The van der Waals surface area contributed by atoms with Gasteiger partial charge in [0.2, 0.25) is 0 Å². The predicted octanol–water partition coefficient (Wildman–Crippen LogP) is 5.91. The first-order valence-electron chi connectivity index (χ1n) is 9.19. The first kappa shape index (κ1) is 19.0. The Bertz CT molecular complexity index is 756. The molecule has 0 heterocycles. The van der Waals surface area contributed by atoms with Crippen LogP contribution in [-0.2, 0) is 17.3 Å². The molecule has 0 bridgehead atoms. The highest BCUT2D eigenvalue weighted by atomic mass is 32.2. The lowest BCUT2D eigenvalue weighted by atomic mass is 10.1. The molecule has 1 N–H and O–H groups in total. The molecular weight excluding hydrogens is 352 g/mol. The Morgan fingerprint density at radius 1 is 0.692 bits per heavy atom. The number of hydrogen-bond acceptors (Lipinski definition) is 1. The van der Waals surface area contributed by atoms with E-state index in [1.54, 1.807) is 0 Å². The quantitative estimate of drug-likeness (QED) is 0.399. The lowest BCUT2D eigenvalue weighted by molar-refractivity contribution is 0.544. The van der Waals surface area contributed by atoms with Crippen LogP contribution in [-0.4, -0.2) is 13.1 Å².